The number of aromatic nitrogens is 1. The lowest BCUT2D eigenvalue weighted by molar-refractivity contribution is 0.194. The number of likely N-dealkylation sites (tertiary alicyclic amines) is 1. The van der Waals surface area contributed by atoms with Gasteiger partial charge in [-0.05, 0) is 44.6 Å². The van der Waals surface area contributed by atoms with E-state index in [-0.39, 0.29) is 5.84 Å². The summed E-state index contributed by atoms with van der Waals surface area (Å²) >= 11 is 0. The summed E-state index contributed by atoms with van der Waals surface area (Å²) in [7, 11) is 2.13. The second-order valence-electron chi connectivity index (χ2n) is 5.55. The molecule has 1 fully saturated rings. The molecule has 1 atom stereocenters. The Morgan fingerprint density at radius 2 is 2.40 bits per heavy atom. The van der Waals surface area contributed by atoms with Gasteiger partial charge in [0.1, 0.15) is 11.5 Å². The second-order valence-corrected chi connectivity index (χ2v) is 5.55. The third kappa shape index (κ3) is 3.55. The molecule has 5 heteroatoms. The fourth-order valence-corrected chi connectivity index (χ4v) is 3.04. The van der Waals surface area contributed by atoms with Gasteiger partial charge >= 0.3 is 0 Å². The van der Waals surface area contributed by atoms with Crippen LogP contribution in [0.3, 0.4) is 0 Å². The molecule has 2 heterocycles. The van der Waals surface area contributed by atoms with Gasteiger partial charge in [0, 0.05) is 25.3 Å². The molecule has 20 heavy (non-hydrogen) atoms. The van der Waals surface area contributed by atoms with Gasteiger partial charge in [-0.2, -0.15) is 0 Å². The van der Waals surface area contributed by atoms with E-state index in [9.17, 15) is 0 Å². The van der Waals surface area contributed by atoms with E-state index in [1.165, 1.54) is 19.4 Å². The largest absolute Gasteiger partial charge is 0.382 e. The molecule has 2 rings (SSSR count). The summed E-state index contributed by atoms with van der Waals surface area (Å²) in [6.45, 7) is 6.43. The first-order valence-corrected chi connectivity index (χ1v) is 7.32. The highest BCUT2D eigenvalue weighted by atomic mass is 15.2. The summed E-state index contributed by atoms with van der Waals surface area (Å²) in [6, 6.07) is 4.57. The zero-order valence-electron chi connectivity index (χ0n) is 12.5. The Morgan fingerprint density at radius 1 is 1.60 bits per heavy atom. The van der Waals surface area contributed by atoms with E-state index >= 15 is 0 Å². The molecule has 1 aliphatic heterocycles. The van der Waals surface area contributed by atoms with Gasteiger partial charge in [-0.3, -0.25) is 15.3 Å². The molecule has 0 bridgehead atoms. The number of nitrogens with zero attached hydrogens (tertiary/aromatic N) is 3. The summed E-state index contributed by atoms with van der Waals surface area (Å²) in [5.74, 6) is 0.0463. The molecular weight excluding hydrogens is 250 g/mol. The van der Waals surface area contributed by atoms with Crippen molar-refractivity contribution in [3.63, 3.8) is 0 Å². The SMILES string of the molecule is CCN1CCCC1CN(C)Cc1cccnc1C(=N)N. The van der Waals surface area contributed by atoms with Gasteiger partial charge in [-0.1, -0.05) is 13.0 Å². The molecule has 5 nitrogen and oxygen atoms in total. The molecule has 0 spiro atoms. The van der Waals surface area contributed by atoms with Gasteiger partial charge < -0.3 is 10.6 Å². The molecule has 0 aliphatic carbocycles. The summed E-state index contributed by atoms with van der Waals surface area (Å²) in [4.78, 5) is 9.06. The summed E-state index contributed by atoms with van der Waals surface area (Å²) < 4.78 is 0. The predicted octanol–water partition coefficient (Wildman–Crippen LogP) is 1.28. The zero-order valence-corrected chi connectivity index (χ0v) is 12.5. The van der Waals surface area contributed by atoms with E-state index in [2.05, 4.69) is 28.8 Å². The Balaban J connectivity index is 1.98. The van der Waals surface area contributed by atoms with Crippen molar-refractivity contribution >= 4 is 5.84 Å². The van der Waals surface area contributed by atoms with Crippen molar-refractivity contribution < 1.29 is 0 Å². The average molecular weight is 275 g/mol. The first-order valence-electron chi connectivity index (χ1n) is 7.32. The van der Waals surface area contributed by atoms with Crippen LogP contribution < -0.4 is 5.73 Å². The Labute approximate surface area is 121 Å². The number of rotatable bonds is 6. The van der Waals surface area contributed by atoms with Crippen molar-refractivity contribution in [1.82, 2.24) is 14.8 Å². The van der Waals surface area contributed by atoms with Crippen LogP contribution in [0.15, 0.2) is 18.3 Å². The lowest BCUT2D eigenvalue weighted by Gasteiger charge is -2.28. The van der Waals surface area contributed by atoms with Crippen molar-refractivity contribution in [2.45, 2.75) is 32.4 Å². The highest BCUT2D eigenvalue weighted by molar-refractivity contribution is 5.94. The van der Waals surface area contributed by atoms with Crippen molar-refractivity contribution in [3.05, 3.63) is 29.6 Å². The van der Waals surface area contributed by atoms with E-state index in [1.54, 1.807) is 6.20 Å². The number of nitrogens with one attached hydrogen (secondary N) is 1. The van der Waals surface area contributed by atoms with E-state index in [0.717, 1.165) is 25.2 Å². The lowest BCUT2D eigenvalue weighted by atomic mass is 10.1. The zero-order chi connectivity index (χ0) is 14.5. The highest BCUT2D eigenvalue weighted by Gasteiger charge is 2.24. The average Bonchev–Trinajstić information content (AvgIpc) is 2.86. The molecule has 1 aliphatic rings. The minimum Gasteiger partial charge on any atom is -0.382 e. The topological polar surface area (TPSA) is 69.2 Å². The van der Waals surface area contributed by atoms with Gasteiger partial charge in [-0.25, -0.2) is 0 Å². The summed E-state index contributed by atoms with van der Waals surface area (Å²) in [5, 5.41) is 7.59. The smallest absolute Gasteiger partial charge is 0.142 e. The Bertz CT molecular complexity index is 459. The molecule has 110 valence electrons. The van der Waals surface area contributed by atoms with Crippen LogP contribution in [0.5, 0.6) is 0 Å². The number of nitrogen functional groups attached to an aromatic ring is 1. The van der Waals surface area contributed by atoms with Crippen LogP contribution in [0.2, 0.25) is 0 Å². The monoisotopic (exact) mass is 275 g/mol. The van der Waals surface area contributed by atoms with Crippen LogP contribution in [-0.4, -0.2) is 53.3 Å². The van der Waals surface area contributed by atoms with E-state index in [0.29, 0.717) is 11.7 Å². The first-order chi connectivity index (χ1) is 9.61. The number of pyridine rings is 1. The molecule has 0 radical (unpaired) electrons. The van der Waals surface area contributed by atoms with Crippen LogP contribution in [0.25, 0.3) is 0 Å². The number of nitrogens with two attached hydrogens (primary N) is 1. The van der Waals surface area contributed by atoms with Crippen LogP contribution in [0.4, 0.5) is 0 Å². The second kappa shape index (κ2) is 6.81. The Hall–Kier alpha value is -1.46. The van der Waals surface area contributed by atoms with E-state index < -0.39 is 0 Å². The van der Waals surface area contributed by atoms with Gasteiger partial charge in [-0.15, -0.1) is 0 Å². The first kappa shape index (κ1) is 14.9. The normalized spacial score (nSPS) is 19.6. The maximum absolute atomic E-state index is 7.59. The van der Waals surface area contributed by atoms with Crippen molar-refractivity contribution in [2.75, 3.05) is 26.7 Å². The van der Waals surface area contributed by atoms with E-state index in [1.807, 2.05) is 12.1 Å². The van der Waals surface area contributed by atoms with Gasteiger partial charge in [0.15, 0.2) is 0 Å². The number of hydrogen-bond donors (Lipinski definition) is 2. The maximum Gasteiger partial charge on any atom is 0.142 e. The molecule has 1 unspecified atom stereocenters. The molecule has 1 aromatic heterocycles. The predicted molar refractivity (Wildman–Crippen MR) is 81.9 cm³/mol. The van der Waals surface area contributed by atoms with Crippen LogP contribution in [-0.2, 0) is 6.54 Å². The minimum atomic E-state index is 0.0463. The fraction of sp³-hybridized carbons (Fsp3) is 0.600. The molecule has 1 saturated heterocycles. The van der Waals surface area contributed by atoms with Crippen LogP contribution >= 0.6 is 0 Å². The van der Waals surface area contributed by atoms with Crippen molar-refractivity contribution in [2.24, 2.45) is 5.73 Å². The molecule has 0 amide bonds. The molecular formula is C15H25N5. The van der Waals surface area contributed by atoms with Crippen molar-refractivity contribution in [3.8, 4) is 0 Å². The third-order valence-electron chi connectivity index (χ3n) is 4.01. The van der Waals surface area contributed by atoms with Crippen molar-refractivity contribution in [1.29, 1.82) is 5.41 Å². The van der Waals surface area contributed by atoms with Gasteiger partial charge in [0.2, 0.25) is 0 Å². The Morgan fingerprint density at radius 3 is 3.10 bits per heavy atom. The van der Waals surface area contributed by atoms with E-state index in [4.69, 9.17) is 11.1 Å². The molecule has 1 aromatic rings. The summed E-state index contributed by atoms with van der Waals surface area (Å²) in [5.41, 5.74) is 7.23. The molecule has 0 aromatic carbocycles. The molecule has 0 saturated carbocycles. The number of amidine groups is 1. The van der Waals surface area contributed by atoms with Gasteiger partial charge in [0.05, 0.1) is 0 Å². The third-order valence-corrected chi connectivity index (χ3v) is 4.01. The summed E-state index contributed by atoms with van der Waals surface area (Å²) in [6.07, 6.45) is 4.28. The minimum absolute atomic E-state index is 0.0463. The Kier molecular flexibility index (Phi) is 5.09. The van der Waals surface area contributed by atoms with Crippen LogP contribution in [0, 0.1) is 5.41 Å². The van der Waals surface area contributed by atoms with Gasteiger partial charge in [0.25, 0.3) is 0 Å². The molecule has 3 N–H and O–H groups in total. The number of hydrogen-bond acceptors (Lipinski definition) is 4. The quantitative estimate of drug-likeness (QED) is 0.606. The van der Waals surface area contributed by atoms with Crippen LogP contribution in [0.1, 0.15) is 31.0 Å². The maximum atomic E-state index is 7.59. The number of likely N-dealkylation sites (N-methyl/N-ethyl adjacent to an activating group) is 2. The fourth-order valence-electron chi connectivity index (χ4n) is 3.04. The standard InChI is InChI=1S/C15H25N5/c1-3-20-9-5-7-13(20)11-19(2)10-12-6-4-8-18-14(12)15(16)17/h4,6,8,13H,3,5,7,9-11H2,1-2H3,(H3,16,17). The lowest BCUT2D eigenvalue weighted by Crippen LogP contribution is -2.38. The highest BCUT2D eigenvalue weighted by Crippen LogP contribution is 2.18.